The molecular weight excluding hydrogens is 220 g/mol. The molecule has 0 bridgehead atoms. The summed E-state index contributed by atoms with van der Waals surface area (Å²) in [5.74, 6) is 0. The fourth-order valence-corrected chi connectivity index (χ4v) is 2.44. The summed E-state index contributed by atoms with van der Waals surface area (Å²) in [4.78, 5) is 11.1. The Morgan fingerprint density at radius 2 is 1.91 bits per heavy atom. The van der Waals surface area contributed by atoms with Crippen LogP contribution in [0.5, 0.6) is 0 Å². The number of aryl methyl sites for hydroxylation is 1. The Labute approximate surface area is 76.4 Å². The molecule has 0 unspecified atom stereocenters. The van der Waals surface area contributed by atoms with E-state index in [1.807, 2.05) is 31.2 Å². The molecule has 1 nitrogen and oxygen atoms in total. The quantitative estimate of drug-likeness (QED) is 0.702. The predicted octanol–water partition coefficient (Wildman–Crippen LogP) is 1.46. The van der Waals surface area contributed by atoms with E-state index in [-0.39, 0.29) is 4.62 Å². The van der Waals surface area contributed by atoms with Crippen molar-refractivity contribution in [2.45, 2.75) is 6.92 Å². The molecule has 0 N–H and O–H groups in total. The van der Waals surface area contributed by atoms with Crippen LogP contribution in [-0.4, -0.2) is 19.1 Å². The Morgan fingerprint density at radius 1 is 1.36 bits per heavy atom. The van der Waals surface area contributed by atoms with E-state index in [4.69, 9.17) is 10.0 Å². The Bertz CT molecular complexity index is 255. The molecule has 0 amide bonds. The molecular formula is C8H9ClGeO. The molecule has 0 fully saturated rings. The van der Waals surface area contributed by atoms with Crippen LogP contribution in [0.15, 0.2) is 24.3 Å². The molecule has 0 heterocycles. The van der Waals surface area contributed by atoms with Crippen molar-refractivity contribution >= 4 is 29.1 Å². The number of carbonyl (C=O) groups is 1. The summed E-state index contributed by atoms with van der Waals surface area (Å²) in [6.45, 7) is 2.00. The fraction of sp³-hybridized carbons (Fsp3) is 0.125. The first-order valence-corrected chi connectivity index (χ1v) is 8.78. The summed E-state index contributed by atoms with van der Waals surface area (Å²) in [6, 6.07) is 7.54. The first-order valence-electron chi connectivity index (χ1n) is 3.40. The Balaban J connectivity index is 2.90. The second-order valence-electron chi connectivity index (χ2n) is 2.42. The number of hydrogen-bond donors (Lipinski definition) is 0. The third-order valence-corrected chi connectivity index (χ3v) is 4.12. The van der Waals surface area contributed by atoms with E-state index in [2.05, 4.69) is 0 Å². The van der Waals surface area contributed by atoms with Crippen LogP contribution >= 0.6 is 10.0 Å². The van der Waals surface area contributed by atoms with Gasteiger partial charge in [-0.15, -0.1) is 0 Å². The molecule has 11 heavy (non-hydrogen) atoms. The summed E-state index contributed by atoms with van der Waals surface area (Å²) in [5.41, 5.74) is 1.94. The van der Waals surface area contributed by atoms with Crippen molar-refractivity contribution in [2.75, 3.05) is 0 Å². The van der Waals surface area contributed by atoms with Crippen LogP contribution in [0.2, 0.25) is 0 Å². The zero-order valence-corrected chi connectivity index (χ0v) is 10.0. The molecule has 0 aliphatic carbocycles. The van der Waals surface area contributed by atoms with Gasteiger partial charge in [0.25, 0.3) is 0 Å². The van der Waals surface area contributed by atoms with Crippen molar-refractivity contribution in [3.05, 3.63) is 35.4 Å². The van der Waals surface area contributed by atoms with E-state index in [1.54, 1.807) is 0 Å². The minimum atomic E-state index is -1.42. The predicted molar refractivity (Wildman–Crippen MR) is 49.9 cm³/mol. The molecule has 3 heteroatoms. The monoisotopic (exact) mass is 230 g/mol. The molecule has 0 aliphatic heterocycles. The summed E-state index contributed by atoms with van der Waals surface area (Å²) in [6.07, 6.45) is 0. The minimum absolute atomic E-state index is 0.166. The average molecular weight is 229 g/mol. The first kappa shape index (κ1) is 8.82. The Morgan fingerprint density at radius 3 is 2.36 bits per heavy atom. The van der Waals surface area contributed by atoms with Crippen LogP contribution in [-0.2, 0) is 0 Å². The van der Waals surface area contributed by atoms with Gasteiger partial charge in [0.1, 0.15) is 0 Å². The third-order valence-electron chi connectivity index (χ3n) is 1.49. The normalized spacial score (nSPS) is 10.7. The molecule has 0 aromatic heterocycles. The van der Waals surface area contributed by atoms with Gasteiger partial charge < -0.3 is 0 Å². The zero-order chi connectivity index (χ0) is 8.27. The van der Waals surface area contributed by atoms with Gasteiger partial charge in [0.05, 0.1) is 0 Å². The third kappa shape index (κ3) is 2.35. The maximum atomic E-state index is 11.1. The molecule has 0 radical (unpaired) electrons. The van der Waals surface area contributed by atoms with Crippen LogP contribution < -0.4 is 0 Å². The summed E-state index contributed by atoms with van der Waals surface area (Å²) in [7, 11) is 5.56. The Kier molecular flexibility index (Phi) is 3.15. The molecule has 0 spiro atoms. The van der Waals surface area contributed by atoms with Crippen molar-refractivity contribution in [3.8, 4) is 0 Å². The fourth-order valence-electron chi connectivity index (χ4n) is 0.817. The van der Waals surface area contributed by atoms with Crippen LogP contribution in [0.25, 0.3) is 0 Å². The van der Waals surface area contributed by atoms with Gasteiger partial charge in [0.2, 0.25) is 0 Å². The van der Waals surface area contributed by atoms with Crippen LogP contribution in [0.1, 0.15) is 15.9 Å². The van der Waals surface area contributed by atoms with Crippen molar-refractivity contribution in [1.82, 2.24) is 0 Å². The second-order valence-corrected chi connectivity index (χ2v) is 5.72. The van der Waals surface area contributed by atoms with E-state index in [0.29, 0.717) is 0 Å². The van der Waals surface area contributed by atoms with Crippen molar-refractivity contribution in [2.24, 2.45) is 0 Å². The van der Waals surface area contributed by atoms with Gasteiger partial charge in [0, 0.05) is 0 Å². The maximum absolute atomic E-state index is 11.1. The standard InChI is InChI=1S/C8H9ClGeO/c1-6-2-4-7(5-3-6)8(11)10-9/h2-5H,10H2,1H3. The van der Waals surface area contributed by atoms with E-state index < -0.39 is 14.5 Å². The van der Waals surface area contributed by atoms with Crippen molar-refractivity contribution < 1.29 is 4.79 Å². The molecule has 1 rings (SSSR count). The summed E-state index contributed by atoms with van der Waals surface area (Å²) >= 11 is -1.42. The number of halogens is 1. The van der Waals surface area contributed by atoms with E-state index >= 15 is 0 Å². The molecule has 0 saturated carbocycles. The molecule has 0 saturated heterocycles. The van der Waals surface area contributed by atoms with Gasteiger partial charge in [-0.1, -0.05) is 0 Å². The number of hydrogen-bond acceptors (Lipinski definition) is 1. The second kappa shape index (κ2) is 3.93. The first-order chi connectivity index (χ1) is 5.24. The average Bonchev–Trinajstić information content (AvgIpc) is 2.05. The van der Waals surface area contributed by atoms with Crippen LogP contribution in [0, 0.1) is 6.92 Å². The molecule has 0 aliphatic rings. The van der Waals surface area contributed by atoms with Crippen LogP contribution in [0.3, 0.4) is 0 Å². The van der Waals surface area contributed by atoms with Gasteiger partial charge in [-0.05, 0) is 0 Å². The molecule has 1 aromatic rings. The topological polar surface area (TPSA) is 17.1 Å². The number of benzene rings is 1. The molecule has 58 valence electrons. The van der Waals surface area contributed by atoms with E-state index in [1.165, 1.54) is 5.56 Å². The SMILES string of the molecule is Cc1ccc([C](=O)[GeH2][Cl])cc1. The molecule has 1 aromatic carbocycles. The molecule has 0 atom stereocenters. The van der Waals surface area contributed by atoms with Crippen molar-refractivity contribution in [3.63, 3.8) is 0 Å². The number of rotatable bonds is 2. The van der Waals surface area contributed by atoms with Gasteiger partial charge in [-0.2, -0.15) is 0 Å². The Hall–Kier alpha value is -0.277. The van der Waals surface area contributed by atoms with Crippen molar-refractivity contribution in [1.29, 1.82) is 0 Å². The van der Waals surface area contributed by atoms with Gasteiger partial charge in [-0.25, -0.2) is 0 Å². The number of carbonyl (C=O) groups excluding carboxylic acids is 1. The van der Waals surface area contributed by atoms with Gasteiger partial charge in [-0.3, -0.25) is 0 Å². The van der Waals surface area contributed by atoms with E-state index in [9.17, 15) is 4.79 Å². The zero-order valence-electron chi connectivity index (χ0n) is 6.30. The summed E-state index contributed by atoms with van der Waals surface area (Å²) in [5, 5.41) is 0. The van der Waals surface area contributed by atoms with Gasteiger partial charge >= 0.3 is 76.2 Å². The van der Waals surface area contributed by atoms with E-state index in [0.717, 1.165) is 5.56 Å². The summed E-state index contributed by atoms with van der Waals surface area (Å²) < 4.78 is 0.166. The van der Waals surface area contributed by atoms with Crippen LogP contribution in [0.4, 0.5) is 0 Å². The van der Waals surface area contributed by atoms with Gasteiger partial charge in [0.15, 0.2) is 0 Å².